The number of hydrogen-bond acceptors (Lipinski definition) is 5. The predicted molar refractivity (Wildman–Crippen MR) is 83.9 cm³/mol. The molecule has 0 aliphatic carbocycles. The molecule has 0 atom stereocenters. The molecular weight excluding hydrogens is 260 g/mol. The van der Waals surface area contributed by atoms with Crippen molar-refractivity contribution in [3.63, 3.8) is 0 Å². The summed E-state index contributed by atoms with van der Waals surface area (Å²) in [7, 11) is 0. The Bertz CT molecular complexity index is 191. The highest BCUT2D eigenvalue weighted by molar-refractivity contribution is 5.72. The van der Waals surface area contributed by atoms with Crippen LogP contribution in [0.1, 0.15) is 69.7 Å². The summed E-state index contributed by atoms with van der Waals surface area (Å²) in [6.07, 6.45) is 0.750. The third kappa shape index (κ3) is 1420. The summed E-state index contributed by atoms with van der Waals surface area (Å²) in [6, 6.07) is 0. The van der Waals surface area contributed by atoms with Crippen molar-refractivity contribution in [1.82, 2.24) is 0 Å². The molecule has 0 radical (unpaired) electrons. The molecule has 0 bridgehead atoms. The van der Waals surface area contributed by atoms with Gasteiger partial charge in [0, 0.05) is 0 Å². The lowest BCUT2D eigenvalue weighted by molar-refractivity contribution is -0.115. The third-order valence-corrected chi connectivity index (χ3v) is 0. The fraction of sp³-hybridized carbons (Fsp3) is 0.667. The Morgan fingerprint density at radius 2 is 0.550 bits per heavy atom. The fourth-order valence-electron chi connectivity index (χ4n) is 0. The quantitative estimate of drug-likeness (QED) is 0.640. The first-order chi connectivity index (χ1) is 8.34. The van der Waals surface area contributed by atoms with Crippen molar-refractivity contribution in [2.24, 2.45) is 0 Å². The summed E-state index contributed by atoms with van der Waals surface area (Å²) >= 11 is 0. The number of rotatable bonds is 0. The number of carbonyl (C=O) groups excluding carboxylic acids is 5. The number of carbonyl (C=O) groups is 5. The van der Waals surface area contributed by atoms with Crippen LogP contribution in [0.4, 0.5) is 0 Å². The Labute approximate surface area is 124 Å². The normalized spacial score (nSPS) is 5.85. The Morgan fingerprint density at radius 3 is 0.550 bits per heavy atom. The van der Waals surface area contributed by atoms with Crippen LogP contribution in [0.3, 0.4) is 0 Å². The average molecular weight is 292 g/mol. The van der Waals surface area contributed by atoms with Crippen LogP contribution in [0.25, 0.3) is 0 Å². The van der Waals surface area contributed by atoms with Crippen LogP contribution in [0.2, 0.25) is 0 Å². The molecule has 0 saturated heterocycles. The van der Waals surface area contributed by atoms with E-state index in [4.69, 9.17) is 4.79 Å². The van der Waals surface area contributed by atoms with E-state index in [9.17, 15) is 19.2 Å². The van der Waals surface area contributed by atoms with Gasteiger partial charge >= 0.3 is 0 Å². The SMILES string of the molecule is C.CC(C)=O.CC(C)=O.CC(C)=O.CC(C)=O.CC=O. The van der Waals surface area contributed by atoms with Gasteiger partial charge in [-0.2, -0.15) is 0 Å². The molecular formula is C15H32O5. The second kappa shape index (κ2) is 36.0. The molecule has 5 heteroatoms. The summed E-state index contributed by atoms with van der Waals surface area (Å²) in [5.74, 6) is 0.667. The number of Topliss-reactive ketones (excluding diaryl/α,β-unsaturated/α-hetero) is 4. The lowest BCUT2D eigenvalue weighted by Gasteiger charge is -1.56. The third-order valence-electron chi connectivity index (χ3n) is 0. The van der Waals surface area contributed by atoms with Crippen molar-refractivity contribution in [2.45, 2.75) is 69.7 Å². The minimum atomic E-state index is 0. The Balaban J connectivity index is -0.0000000304. The van der Waals surface area contributed by atoms with Crippen molar-refractivity contribution in [3.05, 3.63) is 0 Å². The Kier molecular flexibility index (Phi) is 65.2. The Hall–Kier alpha value is -1.65. The van der Waals surface area contributed by atoms with E-state index in [2.05, 4.69) is 0 Å². The first kappa shape index (κ1) is 36.2. The first-order valence-electron chi connectivity index (χ1n) is 5.63. The van der Waals surface area contributed by atoms with Gasteiger partial charge in [0.1, 0.15) is 29.4 Å². The summed E-state index contributed by atoms with van der Waals surface area (Å²) in [6.45, 7) is 13.7. The standard InChI is InChI=1S/4C3H6O.C2H4O.CH4/c4*1-3(2)4;1-2-3;/h4*1-2H3;2H,1H3;1H4. The molecule has 20 heavy (non-hydrogen) atoms. The monoisotopic (exact) mass is 292 g/mol. The topological polar surface area (TPSA) is 85.3 Å². The maximum Gasteiger partial charge on any atom is 0.126 e. The molecule has 0 unspecified atom stereocenters. The lowest BCUT2D eigenvalue weighted by Crippen LogP contribution is -1.69. The molecule has 0 spiro atoms. The van der Waals surface area contributed by atoms with E-state index in [0.29, 0.717) is 0 Å². The molecule has 0 aromatic heterocycles. The maximum absolute atomic E-state index is 9.44. The van der Waals surface area contributed by atoms with Gasteiger partial charge in [-0.05, 0) is 62.3 Å². The molecule has 0 aliphatic rings. The van der Waals surface area contributed by atoms with Crippen molar-refractivity contribution in [1.29, 1.82) is 0 Å². The average Bonchev–Trinajstić information content (AvgIpc) is 1.97. The van der Waals surface area contributed by atoms with Gasteiger partial charge in [-0.15, -0.1) is 0 Å². The van der Waals surface area contributed by atoms with Gasteiger partial charge in [0.15, 0.2) is 0 Å². The minimum Gasteiger partial charge on any atom is -0.304 e. The van der Waals surface area contributed by atoms with E-state index < -0.39 is 0 Å². The first-order valence-corrected chi connectivity index (χ1v) is 5.63. The van der Waals surface area contributed by atoms with E-state index >= 15 is 0 Å². The highest BCUT2D eigenvalue weighted by atomic mass is 16.1. The lowest BCUT2D eigenvalue weighted by atomic mass is 10.6. The minimum absolute atomic E-state index is 0. The zero-order valence-corrected chi connectivity index (χ0v) is 13.6. The maximum atomic E-state index is 9.44. The molecule has 0 rings (SSSR count). The highest BCUT2D eigenvalue weighted by Gasteiger charge is 1.63. The molecule has 0 heterocycles. The summed E-state index contributed by atoms with van der Waals surface area (Å²) < 4.78 is 0. The van der Waals surface area contributed by atoms with Crippen molar-refractivity contribution in [3.8, 4) is 0 Å². The molecule has 0 aromatic carbocycles. The van der Waals surface area contributed by atoms with Crippen molar-refractivity contribution >= 4 is 29.4 Å². The van der Waals surface area contributed by atoms with Crippen LogP contribution in [0.5, 0.6) is 0 Å². The second-order valence-electron chi connectivity index (χ2n) is 3.87. The van der Waals surface area contributed by atoms with Crippen molar-refractivity contribution < 1.29 is 24.0 Å². The van der Waals surface area contributed by atoms with E-state index in [1.165, 1.54) is 62.3 Å². The van der Waals surface area contributed by atoms with Crippen LogP contribution in [-0.2, 0) is 24.0 Å². The van der Waals surface area contributed by atoms with Gasteiger partial charge < -0.3 is 24.0 Å². The predicted octanol–water partition coefficient (Wildman–Crippen LogP) is 3.22. The smallest absolute Gasteiger partial charge is 0.126 e. The van der Waals surface area contributed by atoms with Gasteiger partial charge in [0.25, 0.3) is 0 Å². The molecule has 5 nitrogen and oxygen atoms in total. The van der Waals surface area contributed by atoms with Gasteiger partial charge in [0.2, 0.25) is 0 Å². The van der Waals surface area contributed by atoms with Gasteiger partial charge in [-0.3, -0.25) is 0 Å². The van der Waals surface area contributed by atoms with Crippen LogP contribution in [-0.4, -0.2) is 29.4 Å². The number of hydrogen-bond donors (Lipinski definition) is 0. The molecule has 0 aromatic rings. The van der Waals surface area contributed by atoms with Crippen molar-refractivity contribution in [2.75, 3.05) is 0 Å². The molecule has 0 aliphatic heterocycles. The molecule has 122 valence electrons. The summed E-state index contributed by atoms with van der Waals surface area (Å²) in [5.41, 5.74) is 0. The van der Waals surface area contributed by atoms with Crippen LogP contribution >= 0.6 is 0 Å². The number of aldehydes is 1. The largest absolute Gasteiger partial charge is 0.304 e. The van der Waals surface area contributed by atoms with Gasteiger partial charge in [-0.25, -0.2) is 0 Å². The molecule has 0 saturated carbocycles. The van der Waals surface area contributed by atoms with Gasteiger partial charge in [0.05, 0.1) is 0 Å². The fourth-order valence-corrected chi connectivity index (χ4v) is 0. The summed E-state index contributed by atoms with van der Waals surface area (Å²) in [5, 5.41) is 0. The molecule has 0 amide bonds. The van der Waals surface area contributed by atoms with Crippen LogP contribution in [0, 0.1) is 0 Å². The van der Waals surface area contributed by atoms with Crippen LogP contribution in [0.15, 0.2) is 0 Å². The van der Waals surface area contributed by atoms with E-state index in [1.54, 1.807) is 0 Å². The van der Waals surface area contributed by atoms with E-state index in [1.807, 2.05) is 0 Å². The zero-order chi connectivity index (χ0) is 17.0. The highest BCUT2D eigenvalue weighted by Crippen LogP contribution is 1.51. The zero-order valence-electron chi connectivity index (χ0n) is 13.6. The van der Waals surface area contributed by atoms with Crippen LogP contribution < -0.4 is 0 Å². The van der Waals surface area contributed by atoms with E-state index in [-0.39, 0.29) is 30.6 Å². The molecule has 0 N–H and O–H groups in total. The Morgan fingerprint density at radius 1 is 0.550 bits per heavy atom. The van der Waals surface area contributed by atoms with Gasteiger partial charge in [-0.1, -0.05) is 7.43 Å². The van der Waals surface area contributed by atoms with E-state index in [0.717, 1.165) is 6.29 Å². The summed E-state index contributed by atoms with van der Waals surface area (Å²) in [4.78, 5) is 46.6. The molecule has 0 fully saturated rings. The second-order valence-corrected chi connectivity index (χ2v) is 3.87. The number of ketones is 4.